The molecule has 1 aliphatic rings. The van der Waals surface area contributed by atoms with Crippen LogP contribution in [0.1, 0.15) is 29.1 Å². The molecule has 0 aliphatic carbocycles. The Hall–Kier alpha value is -4.25. The van der Waals surface area contributed by atoms with E-state index in [1.165, 1.54) is 17.4 Å². The third-order valence-corrected chi connectivity index (χ3v) is 6.63. The molecule has 3 aromatic rings. The van der Waals surface area contributed by atoms with Crippen LogP contribution in [0.5, 0.6) is 0 Å². The van der Waals surface area contributed by atoms with Crippen molar-refractivity contribution in [3.63, 3.8) is 0 Å². The lowest BCUT2D eigenvalue weighted by Gasteiger charge is -2.35. The van der Waals surface area contributed by atoms with Crippen LogP contribution < -0.4 is 16.0 Å². The topological polar surface area (TPSA) is 120 Å². The van der Waals surface area contributed by atoms with Crippen LogP contribution in [0.3, 0.4) is 0 Å². The van der Waals surface area contributed by atoms with Crippen molar-refractivity contribution in [2.75, 3.05) is 36.8 Å². The predicted octanol–water partition coefficient (Wildman–Crippen LogP) is 4.26. The smallest absolute Gasteiger partial charge is 0.317 e. The molecule has 11 heteroatoms. The van der Waals surface area contributed by atoms with Crippen LogP contribution in [-0.2, 0) is 4.79 Å². The molecular weight excluding hydrogens is 502 g/mol. The highest BCUT2D eigenvalue weighted by atomic mass is 32.1. The van der Waals surface area contributed by atoms with Crippen LogP contribution in [0.2, 0.25) is 0 Å². The molecule has 10 nitrogen and oxygen atoms in total. The van der Waals surface area contributed by atoms with E-state index in [-0.39, 0.29) is 23.9 Å². The summed E-state index contributed by atoms with van der Waals surface area (Å²) in [6.45, 7) is 11.1. The molecule has 1 aromatic carbocycles. The number of piperazine rings is 1. The summed E-state index contributed by atoms with van der Waals surface area (Å²) in [5.74, 6) is 0.0180. The van der Waals surface area contributed by atoms with Crippen molar-refractivity contribution in [3.8, 4) is 11.3 Å². The van der Waals surface area contributed by atoms with Gasteiger partial charge in [-0.15, -0.1) is 11.3 Å². The molecule has 0 bridgehead atoms. The molecule has 0 unspecified atom stereocenters. The Balaban J connectivity index is 1.60. The molecular formula is C27H31N7O3S. The Kier molecular flexibility index (Phi) is 8.37. The second kappa shape index (κ2) is 11.9. The Labute approximate surface area is 225 Å². The first-order valence-corrected chi connectivity index (χ1v) is 13.1. The minimum atomic E-state index is -0.318. The number of aryl methyl sites for hydroxylation is 1. The zero-order valence-electron chi connectivity index (χ0n) is 21.7. The quantitative estimate of drug-likeness (QED) is 0.391. The second-order valence-electron chi connectivity index (χ2n) is 9.18. The van der Waals surface area contributed by atoms with Crippen LogP contribution in [0, 0.1) is 6.92 Å². The van der Waals surface area contributed by atoms with Gasteiger partial charge in [0.15, 0.2) is 5.13 Å². The zero-order valence-corrected chi connectivity index (χ0v) is 22.5. The maximum absolute atomic E-state index is 13.6. The van der Waals surface area contributed by atoms with Gasteiger partial charge in [0.05, 0.1) is 5.69 Å². The number of hydrogen-bond acceptors (Lipinski definition) is 7. The van der Waals surface area contributed by atoms with Gasteiger partial charge in [-0.2, -0.15) is 0 Å². The molecule has 1 fully saturated rings. The summed E-state index contributed by atoms with van der Waals surface area (Å²) in [4.78, 5) is 51.3. The molecule has 0 radical (unpaired) electrons. The summed E-state index contributed by atoms with van der Waals surface area (Å²) < 4.78 is 0. The standard InChI is InChI=1S/C27H31N7O3S/c1-5-24(35)30-21-8-6-7-19(13-21)22-14-20(15-23(31-22)32-26-28-16-18(4)38-26)25(36)33-9-11-34(12-10-33)27(37)29-17(2)3/h5-8,13-17H,1,9-12H2,2-4H3,(H,29,37)(H,30,35)(H,28,31,32). The number of anilines is 3. The molecule has 1 saturated heterocycles. The number of amides is 4. The average molecular weight is 534 g/mol. The zero-order chi connectivity index (χ0) is 27.2. The molecule has 3 N–H and O–H groups in total. The van der Waals surface area contributed by atoms with Gasteiger partial charge in [-0.05, 0) is 51.1 Å². The predicted molar refractivity (Wildman–Crippen MR) is 150 cm³/mol. The highest BCUT2D eigenvalue weighted by Crippen LogP contribution is 2.27. The summed E-state index contributed by atoms with van der Waals surface area (Å²) in [7, 11) is 0. The second-order valence-corrected chi connectivity index (χ2v) is 10.4. The lowest BCUT2D eigenvalue weighted by molar-refractivity contribution is -0.111. The number of rotatable bonds is 7. The summed E-state index contributed by atoms with van der Waals surface area (Å²) >= 11 is 1.49. The molecule has 198 valence electrons. The Morgan fingerprint density at radius 2 is 1.82 bits per heavy atom. The van der Waals surface area contributed by atoms with Gasteiger partial charge >= 0.3 is 6.03 Å². The van der Waals surface area contributed by atoms with E-state index >= 15 is 0 Å². The number of nitrogens with one attached hydrogen (secondary N) is 3. The number of hydrogen-bond donors (Lipinski definition) is 3. The van der Waals surface area contributed by atoms with Gasteiger partial charge in [-0.25, -0.2) is 14.8 Å². The van der Waals surface area contributed by atoms with Crippen molar-refractivity contribution in [3.05, 3.63) is 65.7 Å². The van der Waals surface area contributed by atoms with Crippen LogP contribution >= 0.6 is 11.3 Å². The van der Waals surface area contributed by atoms with Gasteiger partial charge < -0.3 is 25.8 Å². The van der Waals surface area contributed by atoms with Crippen molar-refractivity contribution in [1.82, 2.24) is 25.1 Å². The van der Waals surface area contributed by atoms with E-state index in [2.05, 4.69) is 27.5 Å². The summed E-state index contributed by atoms with van der Waals surface area (Å²) in [5, 5.41) is 9.53. The van der Waals surface area contributed by atoms with Crippen molar-refractivity contribution >= 4 is 45.8 Å². The molecule has 0 spiro atoms. The maximum Gasteiger partial charge on any atom is 0.317 e. The molecule has 4 rings (SSSR count). The van der Waals surface area contributed by atoms with Gasteiger partial charge in [0.2, 0.25) is 5.91 Å². The summed E-state index contributed by atoms with van der Waals surface area (Å²) in [5.41, 5.74) is 2.35. The normalized spacial score (nSPS) is 13.3. The highest BCUT2D eigenvalue weighted by molar-refractivity contribution is 7.15. The number of nitrogens with zero attached hydrogens (tertiary/aromatic N) is 4. The number of pyridine rings is 1. The first-order chi connectivity index (χ1) is 18.2. The number of thiazole rings is 1. The van der Waals surface area contributed by atoms with E-state index in [9.17, 15) is 14.4 Å². The van der Waals surface area contributed by atoms with E-state index in [0.29, 0.717) is 54.1 Å². The minimum Gasteiger partial charge on any atom is -0.336 e. The molecule has 1 aliphatic heterocycles. The monoisotopic (exact) mass is 533 g/mol. The number of urea groups is 1. The average Bonchev–Trinajstić information content (AvgIpc) is 3.32. The SMILES string of the molecule is C=CC(=O)Nc1cccc(-c2cc(C(=O)N3CCN(C(=O)NC(C)C)CC3)cc(Nc3ncc(C)s3)n2)c1. The van der Waals surface area contributed by atoms with Crippen LogP contribution in [0.4, 0.5) is 21.4 Å². The van der Waals surface area contributed by atoms with Gasteiger partial charge in [-0.1, -0.05) is 18.7 Å². The summed E-state index contributed by atoms with van der Waals surface area (Å²) in [6, 6.07) is 10.6. The molecule has 0 atom stereocenters. The number of benzene rings is 1. The third-order valence-electron chi connectivity index (χ3n) is 5.81. The molecule has 2 aromatic heterocycles. The first-order valence-electron chi connectivity index (χ1n) is 12.3. The van der Waals surface area contributed by atoms with Crippen LogP contribution in [0.15, 0.2) is 55.3 Å². The van der Waals surface area contributed by atoms with Crippen LogP contribution in [-0.4, -0.2) is 69.8 Å². The van der Waals surface area contributed by atoms with Gasteiger partial charge in [0.1, 0.15) is 5.82 Å². The fourth-order valence-electron chi connectivity index (χ4n) is 3.97. The molecule has 3 heterocycles. The van der Waals surface area contributed by atoms with Crippen LogP contribution in [0.25, 0.3) is 11.3 Å². The van der Waals surface area contributed by atoms with E-state index in [1.54, 1.807) is 40.3 Å². The molecule has 4 amide bonds. The van der Waals surface area contributed by atoms with E-state index in [0.717, 1.165) is 10.4 Å². The fourth-order valence-corrected chi connectivity index (χ4v) is 4.64. The van der Waals surface area contributed by atoms with Crippen molar-refractivity contribution in [1.29, 1.82) is 0 Å². The number of carbonyl (C=O) groups excluding carboxylic acids is 3. The van der Waals surface area contributed by atoms with E-state index in [1.807, 2.05) is 32.9 Å². The Morgan fingerprint density at radius 3 is 2.47 bits per heavy atom. The summed E-state index contributed by atoms with van der Waals surface area (Å²) in [6.07, 6.45) is 2.97. The van der Waals surface area contributed by atoms with E-state index in [4.69, 9.17) is 4.98 Å². The highest BCUT2D eigenvalue weighted by Gasteiger charge is 2.26. The Morgan fingerprint density at radius 1 is 1.08 bits per heavy atom. The minimum absolute atomic E-state index is 0.0496. The van der Waals surface area contributed by atoms with Crippen molar-refractivity contribution < 1.29 is 14.4 Å². The van der Waals surface area contributed by atoms with Crippen molar-refractivity contribution in [2.24, 2.45) is 0 Å². The maximum atomic E-state index is 13.6. The number of aromatic nitrogens is 2. The van der Waals surface area contributed by atoms with Gasteiger partial charge in [0, 0.05) is 60.1 Å². The van der Waals surface area contributed by atoms with Crippen molar-refractivity contribution in [2.45, 2.75) is 26.8 Å². The first kappa shape index (κ1) is 26.8. The third kappa shape index (κ3) is 6.74. The van der Waals surface area contributed by atoms with Gasteiger partial charge in [-0.3, -0.25) is 9.59 Å². The van der Waals surface area contributed by atoms with E-state index < -0.39 is 0 Å². The fraction of sp³-hybridized carbons (Fsp3) is 0.296. The van der Waals surface area contributed by atoms with Gasteiger partial charge in [0.25, 0.3) is 5.91 Å². The largest absolute Gasteiger partial charge is 0.336 e. The lowest BCUT2D eigenvalue weighted by Crippen LogP contribution is -2.54. The lowest BCUT2D eigenvalue weighted by atomic mass is 10.1. The Bertz CT molecular complexity index is 1350. The molecule has 38 heavy (non-hydrogen) atoms. The molecule has 0 saturated carbocycles. The number of carbonyl (C=O) groups is 3.